The molecule has 0 unspecified atom stereocenters. The van der Waals surface area contributed by atoms with Gasteiger partial charge in [-0.05, 0) is 36.0 Å². The summed E-state index contributed by atoms with van der Waals surface area (Å²) in [4.78, 5) is 3.99. The molecule has 0 N–H and O–H groups in total. The second-order valence-corrected chi connectivity index (χ2v) is 3.30. The molecule has 10 heavy (non-hydrogen) atoms. The van der Waals surface area contributed by atoms with E-state index in [4.69, 9.17) is 0 Å². The zero-order valence-corrected chi connectivity index (χ0v) is 6.17. The van der Waals surface area contributed by atoms with Gasteiger partial charge < -0.3 is 0 Å². The molecule has 0 aliphatic heterocycles. The molecular formula is C9H11N. The van der Waals surface area contributed by atoms with Gasteiger partial charge in [0.1, 0.15) is 0 Å². The second kappa shape index (κ2) is 1.82. The maximum Gasteiger partial charge on any atom is 0.0270 e. The van der Waals surface area contributed by atoms with Crippen molar-refractivity contribution in [3.05, 3.63) is 30.1 Å². The predicted molar refractivity (Wildman–Crippen MR) is 40.8 cm³/mol. The first-order chi connectivity index (χ1) is 4.81. The van der Waals surface area contributed by atoms with Crippen LogP contribution in [0.1, 0.15) is 25.3 Å². The molecule has 0 bridgehead atoms. The summed E-state index contributed by atoms with van der Waals surface area (Å²) in [5, 5.41) is 0. The fraction of sp³-hybridized carbons (Fsp3) is 0.444. The van der Waals surface area contributed by atoms with Crippen LogP contribution in [0, 0.1) is 0 Å². The first-order valence-corrected chi connectivity index (χ1v) is 3.72. The Kier molecular flexibility index (Phi) is 1.07. The third kappa shape index (κ3) is 0.821. The Morgan fingerprint density at radius 1 is 1.30 bits per heavy atom. The maximum absolute atomic E-state index is 3.99. The van der Waals surface area contributed by atoms with E-state index in [1.165, 1.54) is 18.4 Å². The molecule has 0 radical (unpaired) electrons. The van der Waals surface area contributed by atoms with Gasteiger partial charge in [-0.2, -0.15) is 0 Å². The Labute approximate surface area is 61.1 Å². The highest BCUT2D eigenvalue weighted by molar-refractivity contribution is 5.27. The van der Waals surface area contributed by atoms with Gasteiger partial charge in [0.2, 0.25) is 0 Å². The average molecular weight is 133 g/mol. The van der Waals surface area contributed by atoms with E-state index in [2.05, 4.69) is 24.0 Å². The number of nitrogens with zero attached hydrogens (tertiary/aromatic N) is 1. The highest BCUT2D eigenvalue weighted by Crippen LogP contribution is 2.47. The lowest BCUT2D eigenvalue weighted by Gasteiger charge is -2.05. The average Bonchev–Trinajstić information content (AvgIpc) is 2.72. The Balaban J connectivity index is 2.35. The van der Waals surface area contributed by atoms with Crippen LogP contribution in [0.3, 0.4) is 0 Å². The van der Waals surface area contributed by atoms with Crippen LogP contribution in [-0.4, -0.2) is 4.98 Å². The summed E-state index contributed by atoms with van der Waals surface area (Å²) in [5.41, 5.74) is 1.95. The molecule has 1 saturated carbocycles. The van der Waals surface area contributed by atoms with Crippen LogP contribution in [0.5, 0.6) is 0 Å². The molecule has 1 heterocycles. The Morgan fingerprint density at radius 2 is 1.90 bits per heavy atom. The number of hydrogen-bond donors (Lipinski definition) is 0. The Hall–Kier alpha value is -0.850. The molecule has 1 fully saturated rings. The lowest BCUT2D eigenvalue weighted by molar-refractivity contribution is 0.785. The Bertz CT molecular complexity index is 224. The standard InChI is InChI=1S/C9H11N/c1-9(4-5-9)8-2-6-10-7-3-8/h2-3,6-7H,4-5H2,1H3. The van der Waals surface area contributed by atoms with Crippen molar-refractivity contribution in [2.45, 2.75) is 25.2 Å². The topological polar surface area (TPSA) is 12.9 Å². The third-order valence-electron chi connectivity index (χ3n) is 2.38. The van der Waals surface area contributed by atoms with Crippen LogP contribution in [0.25, 0.3) is 0 Å². The predicted octanol–water partition coefficient (Wildman–Crippen LogP) is 2.13. The largest absolute Gasteiger partial charge is 0.265 e. The summed E-state index contributed by atoms with van der Waals surface area (Å²) >= 11 is 0. The second-order valence-electron chi connectivity index (χ2n) is 3.30. The molecule has 1 aliphatic carbocycles. The maximum atomic E-state index is 3.99. The molecule has 1 aromatic rings. The van der Waals surface area contributed by atoms with Crippen LogP contribution < -0.4 is 0 Å². The molecule has 0 saturated heterocycles. The van der Waals surface area contributed by atoms with Crippen molar-refractivity contribution in [3.63, 3.8) is 0 Å². The van der Waals surface area contributed by atoms with E-state index in [0.717, 1.165) is 0 Å². The highest BCUT2D eigenvalue weighted by atomic mass is 14.6. The van der Waals surface area contributed by atoms with Gasteiger partial charge in [0.05, 0.1) is 0 Å². The first-order valence-electron chi connectivity index (χ1n) is 3.72. The van der Waals surface area contributed by atoms with Crippen LogP contribution in [0.15, 0.2) is 24.5 Å². The van der Waals surface area contributed by atoms with E-state index in [-0.39, 0.29) is 0 Å². The molecule has 1 heteroatoms. The normalized spacial score (nSPS) is 20.5. The summed E-state index contributed by atoms with van der Waals surface area (Å²) < 4.78 is 0. The van der Waals surface area contributed by atoms with Gasteiger partial charge in [0.25, 0.3) is 0 Å². The summed E-state index contributed by atoms with van der Waals surface area (Å²) in [5.74, 6) is 0. The first kappa shape index (κ1) is 5.90. The minimum Gasteiger partial charge on any atom is -0.265 e. The molecular weight excluding hydrogens is 122 g/mol. The number of hydrogen-bond acceptors (Lipinski definition) is 1. The van der Waals surface area contributed by atoms with Gasteiger partial charge in [-0.25, -0.2) is 0 Å². The van der Waals surface area contributed by atoms with E-state index in [1.807, 2.05) is 12.4 Å². The van der Waals surface area contributed by atoms with Crippen molar-refractivity contribution in [3.8, 4) is 0 Å². The van der Waals surface area contributed by atoms with Crippen LogP contribution in [0.4, 0.5) is 0 Å². The van der Waals surface area contributed by atoms with Crippen LogP contribution in [-0.2, 0) is 5.41 Å². The van der Waals surface area contributed by atoms with Crippen molar-refractivity contribution in [2.75, 3.05) is 0 Å². The lowest BCUT2D eigenvalue weighted by atomic mass is 10.0. The summed E-state index contributed by atoms with van der Waals surface area (Å²) in [7, 11) is 0. The number of pyridine rings is 1. The lowest BCUT2D eigenvalue weighted by Crippen LogP contribution is -1.98. The SMILES string of the molecule is CC1(c2ccncc2)CC1. The van der Waals surface area contributed by atoms with Gasteiger partial charge in [0, 0.05) is 12.4 Å². The van der Waals surface area contributed by atoms with Gasteiger partial charge in [-0.1, -0.05) is 6.92 Å². The van der Waals surface area contributed by atoms with Crippen LogP contribution in [0.2, 0.25) is 0 Å². The van der Waals surface area contributed by atoms with E-state index < -0.39 is 0 Å². The smallest absolute Gasteiger partial charge is 0.0270 e. The summed E-state index contributed by atoms with van der Waals surface area (Å²) in [6.45, 7) is 2.31. The van der Waals surface area contributed by atoms with Gasteiger partial charge in [-0.15, -0.1) is 0 Å². The number of aromatic nitrogens is 1. The van der Waals surface area contributed by atoms with E-state index in [1.54, 1.807) is 0 Å². The van der Waals surface area contributed by atoms with Crippen molar-refractivity contribution < 1.29 is 0 Å². The number of rotatable bonds is 1. The van der Waals surface area contributed by atoms with E-state index >= 15 is 0 Å². The Morgan fingerprint density at radius 3 is 2.40 bits per heavy atom. The fourth-order valence-electron chi connectivity index (χ4n) is 1.23. The minimum atomic E-state index is 0.503. The van der Waals surface area contributed by atoms with E-state index in [0.29, 0.717) is 5.41 Å². The van der Waals surface area contributed by atoms with Gasteiger partial charge in [0.15, 0.2) is 0 Å². The zero-order chi connectivity index (χ0) is 7.03. The van der Waals surface area contributed by atoms with Crippen molar-refractivity contribution in [1.29, 1.82) is 0 Å². The molecule has 1 aliphatic rings. The van der Waals surface area contributed by atoms with Crippen molar-refractivity contribution in [1.82, 2.24) is 4.98 Å². The van der Waals surface area contributed by atoms with E-state index in [9.17, 15) is 0 Å². The summed E-state index contributed by atoms with van der Waals surface area (Å²) in [6, 6.07) is 4.24. The third-order valence-corrected chi connectivity index (χ3v) is 2.38. The van der Waals surface area contributed by atoms with Gasteiger partial charge >= 0.3 is 0 Å². The molecule has 0 amide bonds. The van der Waals surface area contributed by atoms with Crippen molar-refractivity contribution in [2.24, 2.45) is 0 Å². The molecule has 0 aromatic carbocycles. The van der Waals surface area contributed by atoms with Crippen LogP contribution >= 0.6 is 0 Å². The molecule has 2 rings (SSSR count). The molecule has 1 nitrogen and oxygen atoms in total. The zero-order valence-electron chi connectivity index (χ0n) is 6.17. The minimum absolute atomic E-state index is 0.503. The highest BCUT2D eigenvalue weighted by Gasteiger charge is 2.38. The molecule has 52 valence electrons. The summed E-state index contributed by atoms with van der Waals surface area (Å²) in [6.07, 6.45) is 6.44. The molecule has 0 spiro atoms. The quantitative estimate of drug-likeness (QED) is 0.572. The van der Waals surface area contributed by atoms with Crippen molar-refractivity contribution >= 4 is 0 Å². The van der Waals surface area contributed by atoms with Gasteiger partial charge in [-0.3, -0.25) is 4.98 Å². The molecule has 0 atom stereocenters. The monoisotopic (exact) mass is 133 g/mol. The fourth-order valence-corrected chi connectivity index (χ4v) is 1.23. The molecule has 1 aromatic heterocycles.